The smallest absolute Gasteiger partial charge is 0.399 e. The molecule has 0 unspecified atom stereocenters. The molecule has 0 saturated carbocycles. The average molecular weight is 274 g/mol. The third kappa shape index (κ3) is 2.09. The predicted molar refractivity (Wildman–Crippen MR) is 78.0 cm³/mol. The second-order valence-electron chi connectivity index (χ2n) is 6.31. The van der Waals surface area contributed by atoms with Gasteiger partial charge in [-0.2, -0.15) is 0 Å². The number of urea groups is 1. The molecule has 1 fully saturated rings. The van der Waals surface area contributed by atoms with Gasteiger partial charge in [0.05, 0.1) is 11.2 Å². The highest BCUT2D eigenvalue weighted by Crippen LogP contribution is 2.36. The molecule has 3 rings (SSSR count). The fourth-order valence-electron chi connectivity index (χ4n) is 2.33. The van der Waals surface area contributed by atoms with Gasteiger partial charge in [0.2, 0.25) is 0 Å². The molecule has 2 amide bonds. The van der Waals surface area contributed by atoms with Gasteiger partial charge in [0.1, 0.15) is 0 Å². The lowest BCUT2D eigenvalue weighted by atomic mass is 9.78. The maximum atomic E-state index is 11.4. The summed E-state index contributed by atoms with van der Waals surface area (Å²) in [5.41, 5.74) is 2.08. The maximum absolute atomic E-state index is 11.4. The molecule has 0 radical (unpaired) electrons. The van der Waals surface area contributed by atoms with Gasteiger partial charge in [-0.3, -0.25) is 0 Å². The molecule has 2 heterocycles. The summed E-state index contributed by atoms with van der Waals surface area (Å²) in [5, 5.41) is 5.54. The van der Waals surface area contributed by atoms with Crippen LogP contribution in [0.5, 0.6) is 0 Å². The van der Waals surface area contributed by atoms with Crippen molar-refractivity contribution < 1.29 is 14.1 Å². The van der Waals surface area contributed by atoms with Crippen LogP contribution < -0.4 is 16.1 Å². The summed E-state index contributed by atoms with van der Waals surface area (Å²) in [5.74, 6) is 0. The Balaban J connectivity index is 1.89. The molecule has 0 bridgehead atoms. The first-order chi connectivity index (χ1) is 9.28. The van der Waals surface area contributed by atoms with E-state index < -0.39 is 7.12 Å². The number of hydrogen-bond acceptors (Lipinski definition) is 3. The molecular weight excluding hydrogens is 255 g/mol. The maximum Gasteiger partial charge on any atom is 0.494 e. The standard InChI is InChI=1S/C14H19BN2O3/c1-13(2)14(3,4)20-15(19-13)10-6-5-9-8-16-12(18)17-11(9)7-10/h5-7H,8H2,1-4H3,(H2,16,17,18). The number of rotatable bonds is 1. The van der Waals surface area contributed by atoms with Crippen molar-refractivity contribution in [3.63, 3.8) is 0 Å². The van der Waals surface area contributed by atoms with Crippen molar-refractivity contribution in [2.24, 2.45) is 0 Å². The molecule has 2 aliphatic heterocycles. The Morgan fingerprint density at radius 3 is 2.45 bits per heavy atom. The van der Waals surface area contributed by atoms with E-state index in [1.165, 1.54) is 0 Å². The lowest BCUT2D eigenvalue weighted by Crippen LogP contribution is -2.41. The van der Waals surface area contributed by atoms with Gasteiger partial charge in [0, 0.05) is 12.2 Å². The summed E-state index contributed by atoms with van der Waals surface area (Å²) in [6.07, 6.45) is 0. The van der Waals surface area contributed by atoms with E-state index in [-0.39, 0.29) is 17.2 Å². The van der Waals surface area contributed by atoms with E-state index in [0.717, 1.165) is 16.7 Å². The van der Waals surface area contributed by atoms with Gasteiger partial charge in [-0.1, -0.05) is 12.1 Å². The van der Waals surface area contributed by atoms with Crippen molar-refractivity contribution in [3.05, 3.63) is 23.8 Å². The van der Waals surface area contributed by atoms with Crippen molar-refractivity contribution in [2.45, 2.75) is 45.4 Å². The number of amides is 2. The number of fused-ring (bicyclic) bond motifs is 1. The third-order valence-corrected chi connectivity index (χ3v) is 4.35. The van der Waals surface area contributed by atoms with Crippen LogP contribution in [0.25, 0.3) is 0 Å². The number of nitrogens with one attached hydrogen (secondary N) is 2. The second-order valence-corrected chi connectivity index (χ2v) is 6.31. The second kappa shape index (κ2) is 4.23. The highest BCUT2D eigenvalue weighted by molar-refractivity contribution is 6.62. The third-order valence-electron chi connectivity index (χ3n) is 4.35. The molecule has 5 nitrogen and oxygen atoms in total. The van der Waals surface area contributed by atoms with Gasteiger partial charge in [0.25, 0.3) is 0 Å². The molecule has 106 valence electrons. The zero-order chi connectivity index (χ0) is 14.5. The molecule has 20 heavy (non-hydrogen) atoms. The Labute approximate surface area is 119 Å². The molecule has 1 saturated heterocycles. The largest absolute Gasteiger partial charge is 0.494 e. The normalized spacial score (nSPS) is 23.0. The summed E-state index contributed by atoms with van der Waals surface area (Å²) >= 11 is 0. The molecule has 2 N–H and O–H groups in total. The topological polar surface area (TPSA) is 59.6 Å². The van der Waals surface area contributed by atoms with Crippen LogP contribution in [-0.4, -0.2) is 24.4 Å². The highest BCUT2D eigenvalue weighted by atomic mass is 16.7. The summed E-state index contributed by atoms with van der Waals surface area (Å²) in [6, 6.07) is 5.72. The minimum Gasteiger partial charge on any atom is -0.399 e. The van der Waals surface area contributed by atoms with Crippen LogP contribution in [0.3, 0.4) is 0 Å². The first kappa shape index (κ1) is 13.5. The number of carbonyl (C=O) groups is 1. The number of anilines is 1. The molecule has 0 spiro atoms. The van der Waals surface area contributed by atoms with Crippen molar-refractivity contribution in [1.29, 1.82) is 0 Å². The van der Waals surface area contributed by atoms with Crippen LogP contribution in [0.1, 0.15) is 33.3 Å². The van der Waals surface area contributed by atoms with Gasteiger partial charge in [-0.05, 0) is 44.8 Å². The van der Waals surface area contributed by atoms with Crippen LogP contribution in [0.15, 0.2) is 18.2 Å². The molecule has 6 heteroatoms. The van der Waals surface area contributed by atoms with Gasteiger partial charge >= 0.3 is 13.1 Å². The highest BCUT2D eigenvalue weighted by Gasteiger charge is 2.51. The summed E-state index contributed by atoms with van der Waals surface area (Å²) in [6.45, 7) is 8.65. The Kier molecular flexibility index (Phi) is 2.85. The summed E-state index contributed by atoms with van der Waals surface area (Å²) in [7, 11) is -0.405. The molecule has 1 aromatic carbocycles. The van der Waals surface area contributed by atoms with E-state index in [9.17, 15) is 4.79 Å². The SMILES string of the molecule is CC1(C)OB(c2ccc3c(c2)NC(=O)NC3)OC1(C)C. The van der Waals surface area contributed by atoms with E-state index in [0.29, 0.717) is 6.54 Å². The van der Waals surface area contributed by atoms with Crippen LogP contribution in [0.2, 0.25) is 0 Å². The van der Waals surface area contributed by atoms with Crippen molar-refractivity contribution in [3.8, 4) is 0 Å². The minimum absolute atomic E-state index is 0.177. The first-order valence-corrected chi connectivity index (χ1v) is 6.82. The Morgan fingerprint density at radius 2 is 1.80 bits per heavy atom. The summed E-state index contributed by atoms with van der Waals surface area (Å²) < 4.78 is 12.0. The predicted octanol–water partition coefficient (Wildman–Crippen LogP) is 1.62. The van der Waals surface area contributed by atoms with Crippen LogP contribution in [0.4, 0.5) is 10.5 Å². The molecule has 0 atom stereocenters. The van der Waals surface area contributed by atoms with Gasteiger partial charge in [-0.25, -0.2) is 4.79 Å². The monoisotopic (exact) mass is 274 g/mol. The zero-order valence-electron chi connectivity index (χ0n) is 12.2. The quantitative estimate of drug-likeness (QED) is 0.765. The van der Waals surface area contributed by atoms with Crippen molar-refractivity contribution >= 4 is 24.3 Å². The van der Waals surface area contributed by atoms with Gasteiger partial charge in [-0.15, -0.1) is 0 Å². The minimum atomic E-state index is -0.405. The number of benzene rings is 1. The lowest BCUT2D eigenvalue weighted by molar-refractivity contribution is 0.00578. The van der Waals surface area contributed by atoms with Crippen molar-refractivity contribution in [2.75, 3.05) is 5.32 Å². The Bertz CT molecular complexity index is 556. The fraction of sp³-hybridized carbons (Fsp3) is 0.500. The Hall–Kier alpha value is -1.53. The Morgan fingerprint density at radius 1 is 1.15 bits per heavy atom. The van der Waals surface area contributed by atoms with Crippen LogP contribution in [-0.2, 0) is 15.9 Å². The number of hydrogen-bond donors (Lipinski definition) is 2. The van der Waals surface area contributed by atoms with E-state index >= 15 is 0 Å². The molecule has 1 aromatic rings. The van der Waals surface area contributed by atoms with E-state index in [2.05, 4.69) is 10.6 Å². The lowest BCUT2D eigenvalue weighted by Gasteiger charge is -2.32. The average Bonchev–Trinajstić information content (AvgIpc) is 2.57. The van der Waals surface area contributed by atoms with Crippen LogP contribution >= 0.6 is 0 Å². The number of carbonyl (C=O) groups excluding carboxylic acids is 1. The van der Waals surface area contributed by atoms with Crippen molar-refractivity contribution in [1.82, 2.24) is 5.32 Å². The van der Waals surface area contributed by atoms with E-state index in [1.54, 1.807) is 0 Å². The van der Waals surface area contributed by atoms with Gasteiger partial charge < -0.3 is 19.9 Å². The van der Waals surface area contributed by atoms with E-state index in [1.807, 2.05) is 45.9 Å². The molecule has 0 aromatic heterocycles. The molecule has 0 aliphatic carbocycles. The first-order valence-electron chi connectivity index (χ1n) is 6.82. The van der Waals surface area contributed by atoms with E-state index in [4.69, 9.17) is 9.31 Å². The molecule has 2 aliphatic rings. The molecular formula is C14H19BN2O3. The zero-order valence-corrected chi connectivity index (χ0v) is 12.2. The van der Waals surface area contributed by atoms with Gasteiger partial charge in [0.15, 0.2) is 0 Å². The van der Waals surface area contributed by atoms with Crippen LogP contribution in [0, 0.1) is 0 Å². The summed E-state index contributed by atoms with van der Waals surface area (Å²) in [4.78, 5) is 11.4. The fourth-order valence-corrected chi connectivity index (χ4v) is 2.33.